The van der Waals surface area contributed by atoms with Crippen molar-refractivity contribution in [2.75, 3.05) is 24.6 Å². The minimum atomic E-state index is -0.133. The van der Waals surface area contributed by atoms with Crippen molar-refractivity contribution in [2.45, 2.75) is 6.92 Å². The van der Waals surface area contributed by atoms with E-state index >= 15 is 0 Å². The fourth-order valence-corrected chi connectivity index (χ4v) is 2.97. The van der Waals surface area contributed by atoms with Crippen LogP contribution in [0.25, 0.3) is 0 Å². The van der Waals surface area contributed by atoms with E-state index in [1.807, 2.05) is 43.3 Å². The number of benzene rings is 2. The summed E-state index contributed by atoms with van der Waals surface area (Å²) in [4.78, 5) is 18.5. The van der Waals surface area contributed by atoms with Gasteiger partial charge in [0.1, 0.15) is 6.54 Å². The molecule has 1 N–H and O–H groups in total. The summed E-state index contributed by atoms with van der Waals surface area (Å²) in [6.45, 7) is 2.20. The molecule has 5 heteroatoms. The zero-order valence-electron chi connectivity index (χ0n) is 12.8. The van der Waals surface area contributed by atoms with Crippen LogP contribution in [0.1, 0.15) is 16.7 Å². The third-order valence-corrected chi connectivity index (χ3v) is 4.14. The maximum absolute atomic E-state index is 12.4. The lowest BCUT2D eigenvalue weighted by Gasteiger charge is -2.22. The fraction of sp³-hybridized carbons (Fsp3) is 0.222. The number of rotatable bonds is 3. The molecule has 4 nitrogen and oxygen atoms in total. The van der Waals surface area contributed by atoms with Crippen molar-refractivity contribution in [3.8, 4) is 0 Å². The molecule has 0 spiro atoms. The lowest BCUT2D eigenvalue weighted by atomic mass is 9.96. The third kappa shape index (κ3) is 3.00. The van der Waals surface area contributed by atoms with Gasteiger partial charge in [-0.05, 0) is 30.7 Å². The summed E-state index contributed by atoms with van der Waals surface area (Å²) >= 11 is 6.18. The second kappa shape index (κ2) is 6.52. The zero-order valence-corrected chi connectivity index (χ0v) is 13.5. The van der Waals surface area contributed by atoms with Crippen LogP contribution in [-0.2, 0) is 4.79 Å². The SMILES string of the molecule is Cc1ccccc1C1=NCC(=O)N(CCO)c2ccc(Cl)cc21. The number of carbonyl (C=O) groups is 1. The largest absolute Gasteiger partial charge is 0.395 e. The number of halogens is 1. The van der Waals surface area contributed by atoms with Crippen LogP contribution in [0.4, 0.5) is 5.69 Å². The number of anilines is 1. The molecule has 2 aromatic carbocycles. The Morgan fingerprint density at radius 1 is 1.22 bits per heavy atom. The zero-order chi connectivity index (χ0) is 16.4. The molecule has 0 fully saturated rings. The van der Waals surface area contributed by atoms with Crippen LogP contribution in [0.15, 0.2) is 47.5 Å². The number of nitrogens with zero attached hydrogens (tertiary/aromatic N) is 2. The maximum Gasteiger partial charge on any atom is 0.248 e. The van der Waals surface area contributed by atoms with Gasteiger partial charge in [-0.2, -0.15) is 0 Å². The number of carbonyl (C=O) groups excluding carboxylic acids is 1. The Kier molecular flexibility index (Phi) is 4.46. The summed E-state index contributed by atoms with van der Waals surface area (Å²) in [5.41, 5.74) is 4.36. The highest BCUT2D eigenvalue weighted by molar-refractivity contribution is 6.32. The summed E-state index contributed by atoms with van der Waals surface area (Å²) in [6.07, 6.45) is 0. The average molecular weight is 329 g/mol. The minimum absolute atomic E-state index is 0.0516. The number of benzodiazepines with no additional fused rings is 1. The van der Waals surface area contributed by atoms with Crippen molar-refractivity contribution < 1.29 is 9.90 Å². The number of aliphatic hydroxyl groups is 1. The number of β-amino-alcohol motifs (C(OH)–C–C–N with tert-alkyl or cyclic N) is 1. The molecule has 0 aliphatic carbocycles. The van der Waals surface area contributed by atoms with Crippen molar-refractivity contribution >= 4 is 28.9 Å². The number of aliphatic hydroxyl groups excluding tert-OH is 1. The Hall–Kier alpha value is -2.17. The van der Waals surface area contributed by atoms with Crippen LogP contribution >= 0.6 is 11.6 Å². The van der Waals surface area contributed by atoms with E-state index in [-0.39, 0.29) is 25.6 Å². The number of amides is 1. The van der Waals surface area contributed by atoms with Gasteiger partial charge in [-0.1, -0.05) is 35.9 Å². The number of aryl methyl sites for hydroxylation is 1. The number of hydrogen-bond acceptors (Lipinski definition) is 3. The van der Waals surface area contributed by atoms with E-state index in [4.69, 9.17) is 11.6 Å². The molecular formula is C18H17ClN2O2. The summed E-state index contributed by atoms with van der Waals surface area (Å²) in [5, 5.41) is 9.86. The monoisotopic (exact) mass is 328 g/mol. The summed E-state index contributed by atoms with van der Waals surface area (Å²) < 4.78 is 0. The van der Waals surface area contributed by atoms with E-state index in [0.29, 0.717) is 5.02 Å². The van der Waals surface area contributed by atoms with Crippen LogP contribution in [0.5, 0.6) is 0 Å². The molecule has 1 aliphatic rings. The maximum atomic E-state index is 12.4. The lowest BCUT2D eigenvalue weighted by molar-refractivity contribution is -0.117. The Morgan fingerprint density at radius 3 is 2.74 bits per heavy atom. The average Bonchev–Trinajstić information content (AvgIpc) is 2.66. The first-order valence-corrected chi connectivity index (χ1v) is 7.81. The molecule has 118 valence electrons. The van der Waals surface area contributed by atoms with Gasteiger partial charge in [0, 0.05) is 22.7 Å². The highest BCUT2D eigenvalue weighted by Crippen LogP contribution is 2.30. The number of fused-ring (bicyclic) bond motifs is 1. The van der Waals surface area contributed by atoms with Gasteiger partial charge in [0.15, 0.2) is 0 Å². The topological polar surface area (TPSA) is 52.9 Å². The number of hydrogen-bond donors (Lipinski definition) is 1. The van der Waals surface area contributed by atoms with Crippen LogP contribution < -0.4 is 4.90 Å². The van der Waals surface area contributed by atoms with Crippen molar-refractivity contribution in [2.24, 2.45) is 4.99 Å². The number of aliphatic imine (C=N–C) groups is 1. The smallest absolute Gasteiger partial charge is 0.248 e. The van der Waals surface area contributed by atoms with E-state index in [1.54, 1.807) is 11.0 Å². The van der Waals surface area contributed by atoms with Crippen molar-refractivity contribution in [3.63, 3.8) is 0 Å². The van der Waals surface area contributed by atoms with Crippen LogP contribution in [0.2, 0.25) is 5.02 Å². The predicted molar refractivity (Wildman–Crippen MR) is 92.6 cm³/mol. The quantitative estimate of drug-likeness (QED) is 0.942. The lowest BCUT2D eigenvalue weighted by Crippen LogP contribution is -2.34. The first kappa shape index (κ1) is 15.7. The molecule has 2 aromatic rings. The molecule has 0 aromatic heterocycles. The molecule has 0 radical (unpaired) electrons. The van der Waals surface area contributed by atoms with Gasteiger partial charge in [-0.15, -0.1) is 0 Å². The molecule has 1 heterocycles. The molecule has 0 saturated heterocycles. The van der Waals surface area contributed by atoms with Crippen LogP contribution in [-0.4, -0.2) is 36.4 Å². The predicted octanol–water partition coefficient (Wildman–Crippen LogP) is 2.82. The highest BCUT2D eigenvalue weighted by atomic mass is 35.5. The normalized spacial score (nSPS) is 14.3. The Balaban J connectivity index is 2.22. The first-order valence-electron chi connectivity index (χ1n) is 7.43. The molecule has 1 amide bonds. The van der Waals surface area contributed by atoms with Crippen LogP contribution in [0.3, 0.4) is 0 Å². The molecule has 0 atom stereocenters. The van der Waals surface area contributed by atoms with Crippen molar-refractivity contribution in [1.29, 1.82) is 0 Å². The highest BCUT2D eigenvalue weighted by Gasteiger charge is 2.25. The van der Waals surface area contributed by atoms with E-state index < -0.39 is 0 Å². The van der Waals surface area contributed by atoms with Gasteiger partial charge >= 0.3 is 0 Å². The summed E-state index contributed by atoms with van der Waals surface area (Å²) in [5.74, 6) is -0.133. The first-order chi connectivity index (χ1) is 11.1. The van der Waals surface area contributed by atoms with E-state index in [2.05, 4.69) is 4.99 Å². The van der Waals surface area contributed by atoms with Gasteiger partial charge < -0.3 is 10.0 Å². The second-order valence-corrected chi connectivity index (χ2v) is 5.85. The third-order valence-electron chi connectivity index (χ3n) is 3.90. The molecule has 0 unspecified atom stereocenters. The van der Waals surface area contributed by atoms with Crippen LogP contribution in [0, 0.1) is 6.92 Å². The molecular weight excluding hydrogens is 312 g/mol. The molecule has 1 aliphatic heterocycles. The summed E-state index contributed by atoms with van der Waals surface area (Å²) in [6, 6.07) is 13.3. The Morgan fingerprint density at radius 2 is 2.00 bits per heavy atom. The van der Waals surface area contributed by atoms with Gasteiger partial charge in [0.2, 0.25) is 5.91 Å². The molecule has 0 bridgehead atoms. The van der Waals surface area contributed by atoms with E-state index in [0.717, 1.165) is 28.1 Å². The van der Waals surface area contributed by atoms with E-state index in [1.165, 1.54) is 0 Å². The Bertz CT molecular complexity index is 786. The van der Waals surface area contributed by atoms with Gasteiger partial charge in [0.25, 0.3) is 0 Å². The van der Waals surface area contributed by atoms with Crippen molar-refractivity contribution in [3.05, 3.63) is 64.2 Å². The molecule has 23 heavy (non-hydrogen) atoms. The molecule has 3 rings (SSSR count). The van der Waals surface area contributed by atoms with Gasteiger partial charge in [-0.3, -0.25) is 9.79 Å². The van der Waals surface area contributed by atoms with E-state index in [9.17, 15) is 9.90 Å². The van der Waals surface area contributed by atoms with Gasteiger partial charge in [-0.25, -0.2) is 0 Å². The summed E-state index contributed by atoms with van der Waals surface area (Å²) in [7, 11) is 0. The molecule has 0 saturated carbocycles. The fourth-order valence-electron chi connectivity index (χ4n) is 2.80. The second-order valence-electron chi connectivity index (χ2n) is 5.41. The standard InChI is InChI=1S/C18H17ClN2O2/c1-12-4-2-3-5-14(12)18-15-10-13(19)6-7-16(15)21(8-9-22)17(23)11-20-18/h2-7,10,22H,8-9,11H2,1H3. The Labute approximate surface area is 140 Å². The minimum Gasteiger partial charge on any atom is -0.395 e. The van der Waals surface area contributed by atoms with Crippen molar-refractivity contribution in [1.82, 2.24) is 0 Å². The van der Waals surface area contributed by atoms with Gasteiger partial charge in [0.05, 0.1) is 18.0 Å².